The normalized spacial score (nSPS) is 14.2. The first-order valence-electron chi connectivity index (χ1n) is 3.46. The minimum Gasteiger partial charge on any atom is -0.392 e. The maximum Gasteiger partial charge on any atom is 0.275 e. The Hall–Kier alpha value is -0.240. The molecule has 0 aliphatic heterocycles. The molecule has 0 radical (unpaired) electrons. The van der Waals surface area contributed by atoms with Gasteiger partial charge in [0.15, 0.2) is 0 Å². The highest BCUT2D eigenvalue weighted by molar-refractivity contribution is 7.87. The summed E-state index contributed by atoms with van der Waals surface area (Å²) in [6.07, 6.45) is 1.34. The van der Waals surface area contributed by atoms with Gasteiger partial charge in [0.2, 0.25) is 0 Å². The topological polar surface area (TPSA) is 98.2 Å². The average molecular weight is 211 g/mol. The first-order valence-corrected chi connectivity index (χ1v) is 5.41. The van der Waals surface area contributed by atoms with Gasteiger partial charge in [-0.25, -0.2) is 5.14 Å². The summed E-state index contributed by atoms with van der Waals surface area (Å²) in [6.45, 7) is 1.90. The second kappa shape index (κ2) is 4.70. The van der Waals surface area contributed by atoms with Gasteiger partial charge in [-0.1, -0.05) is 25.6 Å². The standard InChI is InChI=1S/C5H13N3O2S2/c1-2-3-4(5(6)11)8-12(7,9)10/h4,8H,2-3H2,1H3,(H2,6,11)(H2,7,9,10). The van der Waals surface area contributed by atoms with Crippen LogP contribution in [-0.2, 0) is 10.2 Å². The van der Waals surface area contributed by atoms with Gasteiger partial charge in [0, 0.05) is 0 Å². The fourth-order valence-electron chi connectivity index (χ4n) is 0.746. The molecule has 5 nitrogen and oxygen atoms in total. The van der Waals surface area contributed by atoms with Crippen LogP contribution in [0.25, 0.3) is 0 Å². The molecule has 72 valence electrons. The molecule has 7 heteroatoms. The predicted octanol–water partition coefficient (Wildman–Crippen LogP) is -0.766. The molecule has 0 aliphatic rings. The van der Waals surface area contributed by atoms with Gasteiger partial charge in [0.1, 0.15) is 0 Å². The molecule has 0 rings (SSSR count). The van der Waals surface area contributed by atoms with Crippen molar-refractivity contribution in [1.82, 2.24) is 4.72 Å². The molecular weight excluding hydrogens is 198 g/mol. The number of hydrogen-bond donors (Lipinski definition) is 3. The van der Waals surface area contributed by atoms with Crippen molar-refractivity contribution in [1.29, 1.82) is 0 Å². The average Bonchev–Trinajstić information content (AvgIpc) is 1.83. The van der Waals surface area contributed by atoms with E-state index in [1.165, 1.54) is 0 Å². The smallest absolute Gasteiger partial charge is 0.275 e. The Morgan fingerprint density at radius 1 is 1.67 bits per heavy atom. The van der Waals surface area contributed by atoms with Crippen molar-refractivity contribution in [2.75, 3.05) is 0 Å². The van der Waals surface area contributed by atoms with Gasteiger partial charge in [0.25, 0.3) is 10.2 Å². The van der Waals surface area contributed by atoms with E-state index in [0.717, 1.165) is 6.42 Å². The zero-order chi connectivity index (χ0) is 9.78. The van der Waals surface area contributed by atoms with Crippen LogP contribution < -0.4 is 15.6 Å². The van der Waals surface area contributed by atoms with E-state index in [1.807, 2.05) is 6.92 Å². The Morgan fingerprint density at radius 3 is 2.42 bits per heavy atom. The highest BCUT2D eigenvalue weighted by Crippen LogP contribution is 1.97. The first kappa shape index (κ1) is 11.8. The van der Waals surface area contributed by atoms with Crippen LogP contribution in [0.15, 0.2) is 0 Å². The fourth-order valence-corrected chi connectivity index (χ4v) is 1.64. The molecule has 0 aliphatic carbocycles. The first-order chi connectivity index (χ1) is 5.37. The lowest BCUT2D eigenvalue weighted by molar-refractivity contribution is 0.569. The Balaban J connectivity index is 4.24. The number of nitrogens with two attached hydrogens (primary N) is 2. The molecule has 0 fully saturated rings. The van der Waals surface area contributed by atoms with E-state index >= 15 is 0 Å². The summed E-state index contributed by atoms with van der Waals surface area (Å²) in [7, 11) is -3.71. The maximum atomic E-state index is 10.6. The van der Waals surface area contributed by atoms with E-state index in [2.05, 4.69) is 16.9 Å². The van der Waals surface area contributed by atoms with E-state index in [4.69, 9.17) is 10.9 Å². The van der Waals surface area contributed by atoms with E-state index in [9.17, 15) is 8.42 Å². The molecular formula is C5H13N3O2S2. The largest absolute Gasteiger partial charge is 0.392 e. The van der Waals surface area contributed by atoms with Gasteiger partial charge in [-0.3, -0.25) is 0 Å². The van der Waals surface area contributed by atoms with Gasteiger partial charge in [-0.05, 0) is 6.42 Å². The van der Waals surface area contributed by atoms with Crippen LogP contribution in [0.3, 0.4) is 0 Å². The number of nitrogens with one attached hydrogen (secondary N) is 1. The summed E-state index contributed by atoms with van der Waals surface area (Å²) in [5.41, 5.74) is 5.28. The Bertz CT molecular complexity index is 249. The van der Waals surface area contributed by atoms with Crippen molar-refractivity contribution in [2.24, 2.45) is 10.9 Å². The monoisotopic (exact) mass is 211 g/mol. The molecule has 12 heavy (non-hydrogen) atoms. The van der Waals surface area contributed by atoms with Crippen LogP contribution in [0.1, 0.15) is 19.8 Å². The lowest BCUT2D eigenvalue weighted by atomic mass is 10.2. The lowest BCUT2D eigenvalue weighted by Gasteiger charge is -2.13. The van der Waals surface area contributed by atoms with E-state index in [1.54, 1.807) is 0 Å². The second-order valence-corrected chi connectivity index (χ2v) is 4.20. The summed E-state index contributed by atoms with van der Waals surface area (Å²) in [4.78, 5) is 0.117. The molecule has 5 N–H and O–H groups in total. The molecule has 1 atom stereocenters. The SMILES string of the molecule is CCCC(NS(N)(=O)=O)C(N)=S. The maximum absolute atomic E-state index is 10.6. The number of rotatable bonds is 5. The molecule has 0 heterocycles. The van der Waals surface area contributed by atoms with Crippen LogP contribution >= 0.6 is 12.2 Å². The lowest BCUT2D eigenvalue weighted by Crippen LogP contribution is -2.46. The number of thiocarbonyl (C=S) groups is 1. The van der Waals surface area contributed by atoms with E-state index in [0.29, 0.717) is 6.42 Å². The van der Waals surface area contributed by atoms with Gasteiger partial charge in [-0.15, -0.1) is 0 Å². The van der Waals surface area contributed by atoms with E-state index < -0.39 is 16.3 Å². The summed E-state index contributed by atoms with van der Waals surface area (Å²) < 4.78 is 23.3. The zero-order valence-corrected chi connectivity index (χ0v) is 8.41. The Labute approximate surface area is 77.7 Å². The van der Waals surface area contributed by atoms with Crippen molar-refractivity contribution in [3.8, 4) is 0 Å². The minimum absolute atomic E-state index is 0.117. The summed E-state index contributed by atoms with van der Waals surface area (Å²) in [6, 6.07) is -0.528. The summed E-state index contributed by atoms with van der Waals surface area (Å²) in [5, 5.41) is 4.75. The minimum atomic E-state index is -3.71. The van der Waals surface area contributed by atoms with Crippen LogP contribution in [-0.4, -0.2) is 19.4 Å². The van der Waals surface area contributed by atoms with Gasteiger partial charge < -0.3 is 5.73 Å². The van der Waals surface area contributed by atoms with Crippen molar-refractivity contribution in [2.45, 2.75) is 25.8 Å². The predicted molar refractivity (Wildman–Crippen MR) is 51.7 cm³/mol. The van der Waals surface area contributed by atoms with Crippen LogP contribution in [0.4, 0.5) is 0 Å². The molecule has 1 unspecified atom stereocenters. The van der Waals surface area contributed by atoms with E-state index in [-0.39, 0.29) is 4.99 Å². The second-order valence-electron chi connectivity index (χ2n) is 2.41. The van der Waals surface area contributed by atoms with Crippen LogP contribution in [0.2, 0.25) is 0 Å². The van der Waals surface area contributed by atoms with Crippen molar-refractivity contribution >= 4 is 27.4 Å². The van der Waals surface area contributed by atoms with Gasteiger partial charge in [-0.2, -0.15) is 13.1 Å². The zero-order valence-electron chi connectivity index (χ0n) is 6.78. The molecule has 0 aromatic rings. The highest BCUT2D eigenvalue weighted by Gasteiger charge is 2.15. The molecule has 0 aromatic heterocycles. The molecule has 0 bridgehead atoms. The quantitative estimate of drug-likeness (QED) is 0.520. The van der Waals surface area contributed by atoms with Crippen molar-refractivity contribution < 1.29 is 8.42 Å². The molecule has 0 spiro atoms. The van der Waals surface area contributed by atoms with Gasteiger partial charge in [0.05, 0.1) is 11.0 Å². The Kier molecular flexibility index (Phi) is 4.61. The highest BCUT2D eigenvalue weighted by atomic mass is 32.2. The number of hydrogen-bond acceptors (Lipinski definition) is 3. The molecule has 0 saturated heterocycles. The van der Waals surface area contributed by atoms with Gasteiger partial charge >= 0.3 is 0 Å². The molecule has 0 aromatic carbocycles. The summed E-state index contributed by atoms with van der Waals surface area (Å²) >= 11 is 4.65. The third-order valence-electron chi connectivity index (χ3n) is 1.23. The van der Waals surface area contributed by atoms with Crippen LogP contribution in [0.5, 0.6) is 0 Å². The van der Waals surface area contributed by atoms with Crippen LogP contribution in [0, 0.1) is 0 Å². The fraction of sp³-hybridized carbons (Fsp3) is 0.800. The Morgan fingerprint density at radius 2 is 2.17 bits per heavy atom. The third kappa shape index (κ3) is 5.42. The van der Waals surface area contributed by atoms with Crippen molar-refractivity contribution in [3.05, 3.63) is 0 Å². The third-order valence-corrected chi connectivity index (χ3v) is 2.12. The molecule has 0 amide bonds. The van der Waals surface area contributed by atoms with Crippen molar-refractivity contribution in [3.63, 3.8) is 0 Å². The molecule has 0 saturated carbocycles. The summed E-state index contributed by atoms with van der Waals surface area (Å²) in [5.74, 6) is 0.